The van der Waals surface area contributed by atoms with Crippen LogP contribution >= 0.6 is 12.4 Å². The summed E-state index contributed by atoms with van der Waals surface area (Å²) in [5.74, 6) is 1.20. The summed E-state index contributed by atoms with van der Waals surface area (Å²) >= 11 is 0. The van der Waals surface area contributed by atoms with Gasteiger partial charge in [-0.25, -0.2) is 0 Å². The maximum atomic E-state index is 11.8. The molecule has 1 unspecified atom stereocenters. The Hall–Kier alpha value is -1.50. The number of benzene rings is 1. The Morgan fingerprint density at radius 2 is 2.00 bits per heavy atom. The van der Waals surface area contributed by atoms with E-state index in [-0.39, 0.29) is 31.0 Å². The molecule has 0 bridgehead atoms. The number of hydrogen-bond donors (Lipinski definition) is 2. The second-order valence-corrected chi connectivity index (χ2v) is 5.79. The number of nitrogens with one attached hydrogen (secondary N) is 1. The molecule has 0 spiro atoms. The lowest BCUT2D eigenvalue weighted by atomic mass is 10.2. The number of carbonyl (C=O) groups is 1. The second kappa shape index (κ2) is 10.4. The van der Waals surface area contributed by atoms with E-state index in [1.54, 1.807) is 7.11 Å². The van der Waals surface area contributed by atoms with Gasteiger partial charge in [0.05, 0.1) is 19.8 Å². The van der Waals surface area contributed by atoms with Crippen LogP contribution in [0.15, 0.2) is 18.2 Å². The van der Waals surface area contributed by atoms with Crippen molar-refractivity contribution in [3.63, 3.8) is 0 Å². The maximum absolute atomic E-state index is 11.8. The zero-order valence-corrected chi connectivity index (χ0v) is 15.1. The molecule has 136 valence electrons. The molecule has 1 aliphatic carbocycles. The molecule has 0 radical (unpaired) electrons. The normalized spacial score (nSPS) is 15.5. The molecule has 1 atom stereocenters. The predicted molar refractivity (Wildman–Crippen MR) is 94.8 cm³/mol. The Bertz CT molecular complexity index is 521. The Morgan fingerprint density at radius 1 is 1.29 bits per heavy atom. The number of methoxy groups -OCH3 is 2. The third-order valence-electron chi connectivity index (χ3n) is 3.97. The molecule has 1 aliphatic rings. The third kappa shape index (κ3) is 5.85. The SMILES string of the molecule is COCC(N)C(=O)NCc1ccc(OC2CCCC2)c(OC)c1.Cl. The van der Waals surface area contributed by atoms with Crippen molar-refractivity contribution < 1.29 is 19.0 Å². The lowest BCUT2D eigenvalue weighted by molar-refractivity contribution is -0.123. The minimum atomic E-state index is -0.660. The molecule has 1 fully saturated rings. The summed E-state index contributed by atoms with van der Waals surface area (Å²) in [6.07, 6.45) is 4.91. The first-order valence-corrected chi connectivity index (χ1v) is 8.00. The van der Waals surface area contributed by atoms with E-state index in [1.165, 1.54) is 20.0 Å². The van der Waals surface area contributed by atoms with Crippen molar-refractivity contribution >= 4 is 18.3 Å². The van der Waals surface area contributed by atoms with Crippen LogP contribution in [0.4, 0.5) is 0 Å². The van der Waals surface area contributed by atoms with Gasteiger partial charge in [0.1, 0.15) is 6.04 Å². The third-order valence-corrected chi connectivity index (χ3v) is 3.97. The highest BCUT2D eigenvalue weighted by molar-refractivity contribution is 5.85. The summed E-state index contributed by atoms with van der Waals surface area (Å²) in [5.41, 5.74) is 6.61. The van der Waals surface area contributed by atoms with Gasteiger partial charge in [0.15, 0.2) is 11.5 Å². The zero-order valence-electron chi connectivity index (χ0n) is 14.2. The molecule has 1 amide bonds. The van der Waals surface area contributed by atoms with Crippen LogP contribution in [0.3, 0.4) is 0 Å². The summed E-state index contributed by atoms with van der Waals surface area (Å²) in [4.78, 5) is 11.8. The molecule has 0 aromatic heterocycles. The Balaban J connectivity index is 0.00000288. The van der Waals surface area contributed by atoms with Crippen molar-refractivity contribution in [1.29, 1.82) is 0 Å². The van der Waals surface area contributed by atoms with Gasteiger partial charge < -0.3 is 25.3 Å². The summed E-state index contributed by atoms with van der Waals surface area (Å²) in [6.45, 7) is 0.583. The highest BCUT2D eigenvalue weighted by Gasteiger charge is 2.18. The van der Waals surface area contributed by atoms with Gasteiger partial charge in [0.2, 0.25) is 5.91 Å². The van der Waals surface area contributed by atoms with E-state index in [9.17, 15) is 4.79 Å². The summed E-state index contributed by atoms with van der Waals surface area (Å²) < 4.78 is 16.3. The maximum Gasteiger partial charge on any atom is 0.239 e. The van der Waals surface area contributed by atoms with Gasteiger partial charge in [0.25, 0.3) is 0 Å². The minimum Gasteiger partial charge on any atom is -0.493 e. The number of hydrogen-bond acceptors (Lipinski definition) is 5. The highest BCUT2D eigenvalue weighted by Crippen LogP contribution is 2.32. The van der Waals surface area contributed by atoms with Crippen molar-refractivity contribution in [2.75, 3.05) is 20.8 Å². The summed E-state index contributed by atoms with van der Waals surface area (Å²) in [7, 11) is 3.13. The molecule has 6 nitrogen and oxygen atoms in total. The fourth-order valence-corrected chi connectivity index (χ4v) is 2.68. The standard InChI is InChI=1S/C17H26N2O4.ClH/c1-21-11-14(18)17(20)19-10-12-7-8-15(16(9-12)22-2)23-13-5-3-4-6-13;/h7-9,13-14H,3-6,10-11,18H2,1-2H3,(H,19,20);1H. The first-order chi connectivity index (χ1) is 11.1. The van der Waals surface area contributed by atoms with Gasteiger partial charge in [-0.2, -0.15) is 0 Å². The number of amides is 1. The molecule has 3 N–H and O–H groups in total. The number of carbonyl (C=O) groups excluding carboxylic acids is 1. The molecule has 0 heterocycles. The van der Waals surface area contributed by atoms with E-state index in [0.29, 0.717) is 12.3 Å². The molecule has 1 aromatic rings. The van der Waals surface area contributed by atoms with Gasteiger partial charge in [-0.3, -0.25) is 4.79 Å². The van der Waals surface area contributed by atoms with E-state index in [4.69, 9.17) is 19.9 Å². The average molecular weight is 359 g/mol. The van der Waals surface area contributed by atoms with E-state index >= 15 is 0 Å². The molecule has 0 saturated heterocycles. The van der Waals surface area contributed by atoms with E-state index in [0.717, 1.165) is 24.2 Å². The highest BCUT2D eigenvalue weighted by atomic mass is 35.5. The van der Waals surface area contributed by atoms with Crippen LogP contribution in [0.5, 0.6) is 11.5 Å². The van der Waals surface area contributed by atoms with Gasteiger partial charge in [-0.1, -0.05) is 6.07 Å². The molecule has 1 saturated carbocycles. The van der Waals surface area contributed by atoms with Crippen LogP contribution in [0.1, 0.15) is 31.2 Å². The Kier molecular flexibility index (Phi) is 8.89. The van der Waals surface area contributed by atoms with Gasteiger partial charge in [-0.05, 0) is 43.4 Å². The lowest BCUT2D eigenvalue weighted by Crippen LogP contribution is -2.43. The summed E-state index contributed by atoms with van der Waals surface area (Å²) in [6, 6.07) is 5.04. The van der Waals surface area contributed by atoms with Crippen LogP contribution in [0, 0.1) is 0 Å². The van der Waals surface area contributed by atoms with E-state index < -0.39 is 6.04 Å². The van der Waals surface area contributed by atoms with Crippen molar-refractivity contribution in [2.24, 2.45) is 5.73 Å². The quantitative estimate of drug-likeness (QED) is 0.743. The fraction of sp³-hybridized carbons (Fsp3) is 0.588. The van der Waals surface area contributed by atoms with Crippen molar-refractivity contribution in [3.8, 4) is 11.5 Å². The van der Waals surface area contributed by atoms with Gasteiger partial charge in [-0.15, -0.1) is 12.4 Å². The van der Waals surface area contributed by atoms with Crippen molar-refractivity contribution in [3.05, 3.63) is 23.8 Å². The smallest absolute Gasteiger partial charge is 0.239 e. The molecule has 0 aliphatic heterocycles. The van der Waals surface area contributed by atoms with Crippen LogP contribution < -0.4 is 20.5 Å². The number of halogens is 1. The first-order valence-electron chi connectivity index (χ1n) is 8.00. The average Bonchev–Trinajstić information content (AvgIpc) is 3.06. The van der Waals surface area contributed by atoms with Gasteiger partial charge >= 0.3 is 0 Å². The fourth-order valence-electron chi connectivity index (χ4n) is 2.68. The second-order valence-electron chi connectivity index (χ2n) is 5.79. The van der Waals surface area contributed by atoms with E-state index in [2.05, 4.69) is 5.32 Å². The van der Waals surface area contributed by atoms with Crippen LogP contribution in [0.2, 0.25) is 0 Å². The number of ether oxygens (including phenoxy) is 3. The predicted octanol–water partition coefficient (Wildman–Crippen LogP) is 2.03. The van der Waals surface area contributed by atoms with Crippen LogP contribution in [-0.4, -0.2) is 38.9 Å². The Labute approximate surface area is 149 Å². The summed E-state index contributed by atoms with van der Waals surface area (Å²) in [5, 5.41) is 2.79. The zero-order chi connectivity index (χ0) is 16.7. The molecule has 2 rings (SSSR count). The van der Waals surface area contributed by atoms with Gasteiger partial charge in [0, 0.05) is 13.7 Å². The monoisotopic (exact) mass is 358 g/mol. The van der Waals surface area contributed by atoms with Crippen LogP contribution in [0.25, 0.3) is 0 Å². The lowest BCUT2D eigenvalue weighted by Gasteiger charge is -2.17. The van der Waals surface area contributed by atoms with Crippen molar-refractivity contribution in [2.45, 2.75) is 44.4 Å². The Morgan fingerprint density at radius 3 is 2.62 bits per heavy atom. The minimum absolute atomic E-state index is 0. The number of nitrogens with two attached hydrogens (primary N) is 1. The molecular weight excluding hydrogens is 332 g/mol. The first kappa shape index (κ1) is 20.5. The molecule has 1 aromatic carbocycles. The van der Waals surface area contributed by atoms with Crippen LogP contribution in [-0.2, 0) is 16.1 Å². The molecule has 7 heteroatoms. The number of rotatable bonds is 8. The topological polar surface area (TPSA) is 82.8 Å². The molecule has 24 heavy (non-hydrogen) atoms. The van der Waals surface area contributed by atoms with E-state index in [1.807, 2.05) is 18.2 Å². The largest absolute Gasteiger partial charge is 0.493 e. The molecular formula is C17H27ClN2O4. The van der Waals surface area contributed by atoms with Crippen molar-refractivity contribution in [1.82, 2.24) is 5.32 Å².